The Morgan fingerprint density at radius 1 is 0.833 bits per heavy atom. The van der Waals surface area contributed by atoms with Gasteiger partial charge in [0.15, 0.2) is 11.5 Å². The van der Waals surface area contributed by atoms with Crippen LogP contribution >= 0.6 is 0 Å². The van der Waals surface area contributed by atoms with E-state index in [0.29, 0.717) is 45.5 Å². The van der Waals surface area contributed by atoms with Gasteiger partial charge in [-0.3, -0.25) is 9.78 Å². The average Bonchev–Trinajstić information content (AvgIpc) is 2.85. The molecule has 0 saturated carbocycles. The molecule has 0 N–H and O–H groups in total. The summed E-state index contributed by atoms with van der Waals surface area (Å²) < 4.78 is 68.9. The van der Waals surface area contributed by atoms with Crippen LogP contribution in [0.2, 0.25) is 0 Å². The summed E-state index contributed by atoms with van der Waals surface area (Å²) in [6.45, 7) is 0. The van der Waals surface area contributed by atoms with Gasteiger partial charge in [-0.15, -0.1) is 0 Å². The SMILES string of the molecule is COc1cc2nccc(Oc3ccc(CC(=O)Cc4ccc(F)c(C(F)(F)F)c4)cc3)c2cc1OC. The molecule has 0 unspecified atom stereocenters. The molecule has 0 bridgehead atoms. The molecule has 0 atom stereocenters. The van der Waals surface area contributed by atoms with Crippen molar-refractivity contribution in [2.45, 2.75) is 19.0 Å². The first-order valence-corrected chi connectivity index (χ1v) is 10.8. The normalized spacial score (nSPS) is 11.4. The van der Waals surface area contributed by atoms with Crippen molar-refractivity contribution in [3.8, 4) is 23.0 Å². The van der Waals surface area contributed by atoms with Crippen LogP contribution in [0, 0.1) is 5.82 Å². The van der Waals surface area contributed by atoms with E-state index < -0.39 is 17.6 Å². The number of aromatic nitrogens is 1. The number of ketones is 1. The van der Waals surface area contributed by atoms with Gasteiger partial charge < -0.3 is 14.2 Å². The van der Waals surface area contributed by atoms with Crippen molar-refractivity contribution in [2.75, 3.05) is 14.2 Å². The van der Waals surface area contributed by atoms with E-state index in [0.717, 1.165) is 6.07 Å². The monoisotopic (exact) mass is 499 g/mol. The summed E-state index contributed by atoms with van der Waals surface area (Å²) >= 11 is 0. The van der Waals surface area contributed by atoms with Crippen LogP contribution < -0.4 is 14.2 Å². The lowest BCUT2D eigenvalue weighted by Crippen LogP contribution is -2.11. The molecule has 0 radical (unpaired) electrons. The molecule has 4 rings (SSSR count). The molecular formula is C27H21F4NO4. The molecule has 0 aliphatic carbocycles. The molecule has 0 aliphatic heterocycles. The molecular weight excluding hydrogens is 478 g/mol. The van der Waals surface area contributed by atoms with E-state index in [2.05, 4.69) is 4.98 Å². The number of fused-ring (bicyclic) bond motifs is 1. The van der Waals surface area contributed by atoms with E-state index in [9.17, 15) is 22.4 Å². The molecule has 0 aliphatic rings. The highest BCUT2D eigenvalue weighted by molar-refractivity contribution is 5.88. The standard InChI is InChI=1S/C27H21F4NO4/c1-34-25-14-20-23(15-26(25)35-2)32-10-9-24(20)36-19-6-3-16(4-7-19)11-18(33)12-17-5-8-22(28)21(13-17)27(29,30)31/h3-10,13-15H,11-12H2,1-2H3. The fourth-order valence-electron chi connectivity index (χ4n) is 3.76. The fraction of sp³-hybridized carbons (Fsp3) is 0.185. The van der Waals surface area contributed by atoms with Gasteiger partial charge in [-0.2, -0.15) is 13.2 Å². The van der Waals surface area contributed by atoms with Crippen LogP contribution in [0.1, 0.15) is 16.7 Å². The number of hydrogen-bond acceptors (Lipinski definition) is 5. The third-order valence-electron chi connectivity index (χ3n) is 5.50. The Kier molecular flexibility index (Phi) is 7.10. The Hall–Kier alpha value is -4.14. The summed E-state index contributed by atoms with van der Waals surface area (Å²) in [6, 6.07) is 14.6. The lowest BCUT2D eigenvalue weighted by atomic mass is 10.0. The second kappa shape index (κ2) is 10.2. The van der Waals surface area contributed by atoms with Gasteiger partial charge in [-0.25, -0.2) is 4.39 Å². The molecule has 0 saturated heterocycles. The number of alkyl halides is 3. The van der Waals surface area contributed by atoms with Crippen molar-refractivity contribution in [3.05, 3.63) is 89.4 Å². The number of pyridine rings is 1. The van der Waals surface area contributed by atoms with Crippen molar-refractivity contribution in [1.82, 2.24) is 4.98 Å². The van der Waals surface area contributed by atoms with Crippen molar-refractivity contribution >= 4 is 16.7 Å². The van der Waals surface area contributed by atoms with Crippen molar-refractivity contribution < 1.29 is 36.6 Å². The summed E-state index contributed by atoms with van der Waals surface area (Å²) in [5.41, 5.74) is 0.0395. The molecule has 186 valence electrons. The predicted octanol–water partition coefficient (Wildman–Crippen LogP) is 6.56. The average molecular weight is 499 g/mol. The quantitative estimate of drug-likeness (QED) is 0.257. The first-order valence-electron chi connectivity index (χ1n) is 10.8. The number of halogens is 4. The molecule has 36 heavy (non-hydrogen) atoms. The second-order valence-electron chi connectivity index (χ2n) is 7.98. The van der Waals surface area contributed by atoms with E-state index in [1.165, 1.54) is 20.3 Å². The third-order valence-corrected chi connectivity index (χ3v) is 5.50. The first-order chi connectivity index (χ1) is 17.2. The van der Waals surface area contributed by atoms with Crippen molar-refractivity contribution in [3.63, 3.8) is 0 Å². The van der Waals surface area contributed by atoms with Crippen molar-refractivity contribution in [1.29, 1.82) is 0 Å². The molecule has 1 aromatic heterocycles. The van der Waals surface area contributed by atoms with Crippen LogP contribution in [0.4, 0.5) is 17.6 Å². The van der Waals surface area contributed by atoms with Gasteiger partial charge in [0.25, 0.3) is 0 Å². The minimum absolute atomic E-state index is 0.00812. The Balaban J connectivity index is 1.46. The largest absolute Gasteiger partial charge is 0.493 e. The van der Waals surface area contributed by atoms with Crippen LogP contribution in [-0.4, -0.2) is 25.0 Å². The third kappa shape index (κ3) is 5.56. The number of carbonyl (C=O) groups excluding carboxylic acids is 1. The van der Waals surface area contributed by atoms with Gasteiger partial charge in [0.1, 0.15) is 23.1 Å². The predicted molar refractivity (Wildman–Crippen MR) is 125 cm³/mol. The van der Waals surface area contributed by atoms with E-state index >= 15 is 0 Å². The molecule has 9 heteroatoms. The topological polar surface area (TPSA) is 57.7 Å². The zero-order valence-electron chi connectivity index (χ0n) is 19.4. The maximum Gasteiger partial charge on any atom is 0.419 e. The Labute approximate surface area is 204 Å². The fourth-order valence-corrected chi connectivity index (χ4v) is 3.76. The van der Waals surface area contributed by atoms with Crippen LogP contribution in [-0.2, 0) is 23.8 Å². The molecule has 5 nitrogen and oxygen atoms in total. The number of hydrogen-bond donors (Lipinski definition) is 0. The minimum atomic E-state index is -4.82. The lowest BCUT2D eigenvalue weighted by Gasteiger charge is -2.12. The second-order valence-corrected chi connectivity index (χ2v) is 7.98. The number of carbonyl (C=O) groups is 1. The number of benzene rings is 3. The Morgan fingerprint density at radius 3 is 2.14 bits per heavy atom. The number of Topliss-reactive ketones (excluding diaryl/α,β-unsaturated/α-hetero) is 1. The Bertz CT molecular complexity index is 1400. The molecule has 0 amide bonds. The molecule has 0 fully saturated rings. The highest BCUT2D eigenvalue weighted by Crippen LogP contribution is 2.37. The maximum absolute atomic E-state index is 13.5. The van der Waals surface area contributed by atoms with Crippen LogP contribution in [0.5, 0.6) is 23.0 Å². The first kappa shape index (κ1) is 25.0. The van der Waals surface area contributed by atoms with E-state index in [1.54, 1.807) is 48.7 Å². The Morgan fingerprint density at radius 2 is 1.47 bits per heavy atom. The number of rotatable bonds is 8. The van der Waals surface area contributed by atoms with Crippen LogP contribution in [0.15, 0.2) is 66.9 Å². The van der Waals surface area contributed by atoms with Gasteiger partial charge in [-0.1, -0.05) is 18.2 Å². The van der Waals surface area contributed by atoms with Crippen LogP contribution in [0.25, 0.3) is 10.9 Å². The zero-order valence-corrected chi connectivity index (χ0v) is 19.4. The van der Waals surface area contributed by atoms with Gasteiger partial charge >= 0.3 is 6.18 Å². The smallest absolute Gasteiger partial charge is 0.419 e. The van der Waals surface area contributed by atoms with E-state index in [4.69, 9.17) is 14.2 Å². The minimum Gasteiger partial charge on any atom is -0.493 e. The maximum atomic E-state index is 13.5. The number of ether oxygens (including phenoxy) is 3. The number of methoxy groups -OCH3 is 2. The highest BCUT2D eigenvalue weighted by Gasteiger charge is 2.34. The van der Waals surface area contributed by atoms with Gasteiger partial charge in [0, 0.05) is 30.5 Å². The summed E-state index contributed by atoms with van der Waals surface area (Å²) in [6.07, 6.45) is -3.45. The summed E-state index contributed by atoms with van der Waals surface area (Å²) in [7, 11) is 3.07. The van der Waals surface area contributed by atoms with Gasteiger partial charge in [0.2, 0.25) is 0 Å². The zero-order chi connectivity index (χ0) is 25.9. The van der Waals surface area contributed by atoms with Crippen LogP contribution in [0.3, 0.4) is 0 Å². The molecule has 4 aromatic rings. The molecule has 3 aromatic carbocycles. The number of nitrogens with zero attached hydrogens (tertiary/aromatic N) is 1. The summed E-state index contributed by atoms with van der Waals surface area (Å²) in [5, 5.41) is 0.715. The van der Waals surface area contributed by atoms with E-state index in [-0.39, 0.29) is 24.2 Å². The molecule has 1 heterocycles. The van der Waals surface area contributed by atoms with Gasteiger partial charge in [0.05, 0.1) is 25.3 Å². The summed E-state index contributed by atoms with van der Waals surface area (Å²) in [5.74, 6) is 0.459. The lowest BCUT2D eigenvalue weighted by molar-refractivity contribution is -0.140. The van der Waals surface area contributed by atoms with E-state index in [1.807, 2.05) is 0 Å². The van der Waals surface area contributed by atoms with Gasteiger partial charge in [-0.05, 0) is 47.5 Å². The molecule has 0 spiro atoms. The summed E-state index contributed by atoms with van der Waals surface area (Å²) in [4.78, 5) is 16.8. The highest BCUT2D eigenvalue weighted by atomic mass is 19.4. The van der Waals surface area contributed by atoms with Crippen molar-refractivity contribution in [2.24, 2.45) is 0 Å².